The van der Waals surface area contributed by atoms with Crippen molar-refractivity contribution < 1.29 is 17.9 Å². The molecule has 5 heteroatoms. The summed E-state index contributed by atoms with van der Waals surface area (Å²) >= 11 is 0. The lowest BCUT2D eigenvalue weighted by atomic mass is 10.2. The van der Waals surface area contributed by atoms with Crippen LogP contribution in [0.15, 0.2) is 22.6 Å². The normalized spacial score (nSPS) is 11.1. The van der Waals surface area contributed by atoms with Crippen LogP contribution in [0.25, 0.3) is 11.1 Å². The summed E-state index contributed by atoms with van der Waals surface area (Å²) in [4.78, 5) is 3.85. The highest BCUT2D eigenvalue weighted by molar-refractivity contribution is 5.73. The van der Waals surface area contributed by atoms with E-state index in [2.05, 4.69) is 4.98 Å². The van der Waals surface area contributed by atoms with Crippen LogP contribution < -0.4 is 4.74 Å². The minimum Gasteiger partial charge on any atom is -0.453 e. The number of hydrogen-bond acceptors (Lipinski definition) is 3. The third-order valence-corrected chi connectivity index (χ3v) is 1.82. The largest absolute Gasteiger partial charge is 0.453 e. The summed E-state index contributed by atoms with van der Waals surface area (Å²) in [5.41, 5.74) is 0.736. The van der Waals surface area contributed by atoms with Crippen LogP contribution in [0, 0.1) is 0 Å². The molecule has 0 fully saturated rings. The van der Waals surface area contributed by atoms with E-state index < -0.39 is 6.43 Å². The average molecular weight is 199 g/mol. The van der Waals surface area contributed by atoms with E-state index in [0.29, 0.717) is 11.1 Å². The molecule has 14 heavy (non-hydrogen) atoms. The molecule has 0 N–H and O–H groups in total. The zero-order valence-corrected chi connectivity index (χ0v) is 7.33. The summed E-state index contributed by atoms with van der Waals surface area (Å²) in [6.45, 7) is 0. The third kappa shape index (κ3) is 1.41. The number of aromatic nitrogens is 1. The summed E-state index contributed by atoms with van der Waals surface area (Å²) in [5.74, 6) is 0. The van der Waals surface area contributed by atoms with Gasteiger partial charge in [-0.3, -0.25) is 0 Å². The summed E-state index contributed by atoms with van der Waals surface area (Å²) in [6.07, 6.45) is -2.42. The van der Waals surface area contributed by atoms with Gasteiger partial charge in [0.25, 0.3) is 6.43 Å². The summed E-state index contributed by atoms with van der Waals surface area (Å²) < 4.78 is 34.4. The van der Waals surface area contributed by atoms with Crippen molar-refractivity contribution in [2.45, 2.75) is 6.43 Å². The molecule has 0 radical (unpaired) electrons. The molecule has 0 bridgehead atoms. The Labute approximate surface area is 78.3 Å². The van der Waals surface area contributed by atoms with Gasteiger partial charge in [0.05, 0.1) is 7.11 Å². The molecular formula is C9H7F2NO2. The third-order valence-electron chi connectivity index (χ3n) is 1.82. The van der Waals surface area contributed by atoms with Gasteiger partial charge >= 0.3 is 6.08 Å². The quantitative estimate of drug-likeness (QED) is 0.745. The maximum Gasteiger partial charge on any atom is 0.394 e. The second-order valence-corrected chi connectivity index (χ2v) is 2.71. The van der Waals surface area contributed by atoms with Crippen molar-refractivity contribution in [3.63, 3.8) is 0 Å². The van der Waals surface area contributed by atoms with E-state index in [1.807, 2.05) is 0 Å². The van der Waals surface area contributed by atoms with Gasteiger partial charge in [0.15, 0.2) is 5.58 Å². The molecule has 0 spiro atoms. The van der Waals surface area contributed by atoms with E-state index in [4.69, 9.17) is 9.15 Å². The minimum atomic E-state index is -2.50. The highest BCUT2D eigenvalue weighted by Gasteiger charge is 2.11. The number of nitrogens with zero attached hydrogens (tertiary/aromatic N) is 1. The molecule has 1 aromatic heterocycles. The summed E-state index contributed by atoms with van der Waals surface area (Å²) in [7, 11) is 1.40. The van der Waals surface area contributed by atoms with Gasteiger partial charge in [0, 0.05) is 5.56 Å². The van der Waals surface area contributed by atoms with E-state index in [0.717, 1.165) is 0 Å². The first-order chi connectivity index (χ1) is 6.70. The van der Waals surface area contributed by atoms with Gasteiger partial charge in [-0.15, -0.1) is 0 Å². The highest BCUT2D eigenvalue weighted by Crippen LogP contribution is 2.25. The van der Waals surface area contributed by atoms with Crippen LogP contribution in [0.1, 0.15) is 12.0 Å². The van der Waals surface area contributed by atoms with Crippen LogP contribution in [0.3, 0.4) is 0 Å². The molecule has 0 saturated carbocycles. The van der Waals surface area contributed by atoms with Gasteiger partial charge in [-0.25, -0.2) is 8.78 Å². The highest BCUT2D eigenvalue weighted by atomic mass is 19.3. The fourth-order valence-electron chi connectivity index (χ4n) is 1.15. The molecule has 0 unspecified atom stereocenters. The van der Waals surface area contributed by atoms with E-state index in [1.54, 1.807) is 0 Å². The molecule has 0 aliphatic heterocycles. The number of benzene rings is 1. The van der Waals surface area contributed by atoms with E-state index in [1.165, 1.54) is 25.3 Å². The van der Waals surface area contributed by atoms with Gasteiger partial charge < -0.3 is 9.15 Å². The Morgan fingerprint density at radius 2 is 2.21 bits per heavy atom. The van der Waals surface area contributed by atoms with Crippen molar-refractivity contribution in [1.29, 1.82) is 0 Å². The van der Waals surface area contributed by atoms with Gasteiger partial charge in [-0.2, -0.15) is 4.98 Å². The van der Waals surface area contributed by atoms with Gasteiger partial charge in [0.1, 0.15) is 5.52 Å². The van der Waals surface area contributed by atoms with Crippen molar-refractivity contribution in [2.75, 3.05) is 7.11 Å². The Bertz CT molecular complexity index is 453. The zero-order chi connectivity index (χ0) is 10.1. The molecule has 0 atom stereocenters. The molecule has 2 aromatic rings. The van der Waals surface area contributed by atoms with Gasteiger partial charge in [-0.05, 0) is 18.2 Å². The fraction of sp³-hybridized carbons (Fsp3) is 0.222. The second kappa shape index (κ2) is 3.25. The van der Waals surface area contributed by atoms with Gasteiger partial charge in [0.2, 0.25) is 0 Å². The van der Waals surface area contributed by atoms with Crippen molar-refractivity contribution in [2.24, 2.45) is 0 Å². The molecule has 0 aliphatic rings. The lowest BCUT2D eigenvalue weighted by Crippen LogP contribution is -1.83. The van der Waals surface area contributed by atoms with Crippen LogP contribution in [0.2, 0.25) is 0 Å². The number of oxazole rings is 1. The lowest BCUT2D eigenvalue weighted by Gasteiger charge is -1.96. The van der Waals surface area contributed by atoms with Crippen LogP contribution in [0.5, 0.6) is 6.08 Å². The number of alkyl halides is 2. The molecule has 1 aromatic carbocycles. The lowest BCUT2D eigenvalue weighted by molar-refractivity contribution is 0.151. The van der Waals surface area contributed by atoms with Crippen LogP contribution in [-0.2, 0) is 0 Å². The van der Waals surface area contributed by atoms with Crippen LogP contribution in [-0.4, -0.2) is 12.1 Å². The van der Waals surface area contributed by atoms with E-state index in [-0.39, 0.29) is 11.6 Å². The minimum absolute atomic E-state index is 0.0754. The molecule has 1 heterocycles. The first kappa shape index (κ1) is 8.93. The first-order valence-corrected chi connectivity index (χ1v) is 3.93. The molecule has 3 nitrogen and oxygen atoms in total. The number of rotatable bonds is 2. The number of fused-ring (bicyclic) bond motifs is 1. The molecule has 0 saturated heterocycles. The molecule has 74 valence electrons. The maximum absolute atomic E-state index is 12.3. The topological polar surface area (TPSA) is 35.3 Å². The van der Waals surface area contributed by atoms with Crippen molar-refractivity contribution in [3.8, 4) is 6.08 Å². The van der Waals surface area contributed by atoms with E-state index >= 15 is 0 Å². The molecule has 0 aliphatic carbocycles. The number of ether oxygens (including phenoxy) is 1. The second-order valence-electron chi connectivity index (χ2n) is 2.71. The smallest absolute Gasteiger partial charge is 0.394 e. The Morgan fingerprint density at radius 3 is 2.86 bits per heavy atom. The standard InChI is InChI=1S/C9H7F2NO2/c1-13-9-12-6-4-5(8(10)11)2-3-7(6)14-9/h2-4,8H,1H3. The Hall–Kier alpha value is -1.65. The van der Waals surface area contributed by atoms with Gasteiger partial charge in [-0.1, -0.05) is 0 Å². The number of methoxy groups -OCH3 is 1. The number of halogens is 2. The van der Waals surface area contributed by atoms with E-state index in [9.17, 15) is 8.78 Å². The summed E-state index contributed by atoms with van der Waals surface area (Å²) in [6, 6.07) is 4.04. The summed E-state index contributed by atoms with van der Waals surface area (Å²) in [5, 5.41) is 0. The van der Waals surface area contributed by atoms with Crippen molar-refractivity contribution >= 4 is 11.1 Å². The zero-order valence-electron chi connectivity index (χ0n) is 7.33. The SMILES string of the molecule is COc1nc2cc(C(F)F)ccc2o1. The fourth-order valence-corrected chi connectivity index (χ4v) is 1.15. The Balaban J connectivity index is 2.54. The van der Waals surface area contributed by atoms with Crippen LogP contribution >= 0.6 is 0 Å². The maximum atomic E-state index is 12.3. The molecule has 0 amide bonds. The molecular weight excluding hydrogens is 192 g/mol. The van der Waals surface area contributed by atoms with Crippen molar-refractivity contribution in [1.82, 2.24) is 4.98 Å². The van der Waals surface area contributed by atoms with Crippen molar-refractivity contribution in [3.05, 3.63) is 23.8 Å². The monoisotopic (exact) mass is 199 g/mol. The Kier molecular flexibility index (Phi) is 2.07. The average Bonchev–Trinajstić information content (AvgIpc) is 2.58. The molecule has 2 rings (SSSR count). The Morgan fingerprint density at radius 1 is 1.43 bits per heavy atom. The predicted octanol–water partition coefficient (Wildman–Crippen LogP) is 2.77. The predicted molar refractivity (Wildman–Crippen MR) is 45.5 cm³/mol. The number of hydrogen-bond donors (Lipinski definition) is 0. The first-order valence-electron chi connectivity index (χ1n) is 3.93. The van der Waals surface area contributed by atoms with Crippen LogP contribution in [0.4, 0.5) is 8.78 Å².